The maximum Gasteiger partial charge on any atom is 0.416 e. The minimum atomic E-state index is -4.61. The second kappa shape index (κ2) is 6.36. The number of hydrogen-bond donors (Lipinski definition) is 1. The largest absolute Gasteiger partial charge is 0.478 e. The number of rotatable bonds is 4. The molecule has 10 heteroatoms. The van der Waals surface area contributed by atoms with Gasteiger partial charge in [-0.3, -0.25) is 10.1 Å². The third-order valence-corrected chi connectivity index (χ3v) is 3.18. The van der Waals surface area contributed by atoms with Crippen LogP contribution in [0.4, 0.5) is 18.9 Å². The Balaban J connectivity index is 2.45. The molecule has 126 valence electrons. The van der Waals surface area contributed by atoms with E-state index >= 15 is 0 Å². The molecule has 0 aromatic heterocycles. The van der Waals surface area contributed by atoms with Crippen molar-refractivity contribution in [1.82, 2.24) is 0 Å². The average Bonchev–Trinajstić information content (AvgIpc) is 2.47. The number of halogens is 4. The number of carbonyl (C=O) groups is 1. The fourth-order valence-electron chi connectivity index (χ4n) is 1.76. The first kappa shape index (κ1) is 17.5. The van der Waals surface area contributed by atoms with Crippen LogP contribution < -0.4 is 4.74 Å². The van der Waals surface area contributed by atoms with Gasteiger partial charge in [-0.2, -0.15) is 13.2 Å². The molecule has 0 heterocycles. The highest BCUT2D eigenvalue weighted by Crippen LogP contribution is 2.38. The van der Waals surface area contributed by atoms with Crippen LogP contribution in [0.2, 0.25) is 5.02 Å². The molecule has 0 spiro atoms. The average molecular weight is 362 g/mol. The van der Waals surface area contributed by atoms with Gasteiger partial charge in [-0.15, -0.1) is 0 Å². The summed E-state index contributed by atoms with van der Waals surface area (Å²) in [6, 6.07) is 4.98. The monoisotopic (exact) mass is 361 g/mol. The van der Waals surface area contributed by atoms with Gasteiger partial charge in [0.25, 0.3) is 0 Å². The molecule has 2 aromatic rings. The molecule has 0 unspecified atom stereocenters. The first-order valence-electron chi connectivity index (χ1n) is 6.16. The molecular formula is C14H7ClF3NO5. The lowest BCUT2D eigenvalue weighted by Gasteiger charge is -2.11. The minimum absolute atomic E-state index is 0.282. The predicted octanol–water partition coefficient (Wildman–Crippen LogP) is 4.76. The third kappa shape index (κ3) is 3.74. The topological polar surface area (TPSA) is 89.7 Å². The van der Waals surface area contributed by atoms with Gasteiger partial charge in [-0.25, -0.2) is 4.79 Å². The second-order valence-corrected chi connectivity index (χ2v) is 4.90. The molecule has 6 nitrogen and oxygen atoms in total. The SMILES string of the molecule is O=C(O)c1ccc([N+](=O)[O-])c(Oc2ccc(C(F)(F)F)cc2Cl)c1. The number of alkyl halides is 3. The van der Waals surface area contributed by atoms with Crippen molar-refractivity contribution in [3.63, 3.8) is 0 Å². The fourth-order valence-corrected chi connectivity index (χ4v) is 1.98. The van der Waals surface area contributed by atoms with Gasteiger partial charge in [-0.1, -0.05) is 11.6 Å². The predicted molar refractivity (Wildman–Crippen MR) is 76.6 cm³/mol. The first-order valence-corrected chi connectivity index (χ1v) is 6.53. The van der Waals surface area contributed by atoms with Crippen LogP contribution in [0.1, 0.15) is 15.9 Å². The number of ether oxygens (including phenoxy) is 1. The lowest BCUT2D eigenvalue weighted by molar-refractivity contribution is -0.385. The Morgan fingerprint density at radius 2 is 1.83 bits per heavy atom. The number of benzene rings is 2. The smallest absolute Gasteiger partial charge is 0.416 e. The van der Waals surface area contributed by atoms with E-state index in [0.29, 0.717) is 12.1 Å². The molecule has 0 aliphatic carbocycles. The van der Waals surface area contributed by atoms with Crippen molar-refractivity contribution in [2.75, 3.05) is 0 Å². The van der Waals surface area contributed by atoms with Crippen molar-refractivity contribution in [2.45, 2.75) is 6.18 Å². The molecule has 0 atom stereocenters. The maximum atomic E-state index is 12.6. The summed E-state index contributed by atoms with van der Waals surface area (Å²) in [5.74, 6) is -2.09. The number of carboxylic acid groups (broad SMARTS) is 1. The van der Waals surface area contributed by atoms with Gasteiger partial charge in [0, 0.05) is 12.1 Å². The Morgan fingerprint density at radius 1 is 1.17 bits per heavy atom. The Labute approximate surface area is 137 Å². The summed E-state index contributed by atoms with van der Waals surface area (Å²) in [6.45, 7) is 0. The van der Waals surface area contributed by atoms with E-state index in [2.05, 4.69) is 0 Å². The van der Waals surface area contributed by atoms with Gasteiger partial charge in [0.15, 0.2) is 0 Å². The van der Waals surface area contributed by atoms with Gasteiger partial charge in [0.05, 0.1) is 21.1 Å². The van der Waals surface area contributed by atoms with Crippen LogP contribution in [-0.2, 0) is 6.18 Å². The zero-order chi connectivity index (χ0) is 18.1. The molecular weight excluding hydrogens is 355 g/mol. The van der Waals surface area contributed by atoms with E-state index in [0.717, 1.165) is 24.3 Å². The number of nitro groups is 1. The summed E-state index contributed by atoms with van der Waals surface area (Å²) >= 11 is 5.71. The van der Waals surface area contributed by atoms with Crippen LogP contribution >= 0.6 is 11.6 Å². The van der Waals surface area contributed by atoms with Crippen LogP contribution in [-0.4, -0.2) is 16.0 Å². The molecule has 24 heavy (non-hydrogen) atoms. The summed E-state index contributed by atoms with van der Waals surface area (Å²) in [6.07, 6.45) is -4.61. The second-order valence-electron chi connectivity index (χ2n) is 4.49. The summed E-state index contributed by atoms with van der Waals surface area (Å²) in [7, 11) is 0. The minimum Gasteiger partial charge on any atom is -0.478 e. The highest BCUT2D eigenvalue weighted by atomic mass is 35.5. The molecule has 0 aliphatic rings. The quantitative estimate of drug-likeness (QED) is 0.626. The van der Waals surface area contributed by atoms with Crippen molar-refractivity contribution < 1.29 is 32.7 Å². The van der Waals surface area contributed by atoms with Crippen LogP contribution in [0.25, 0.3) is 0 Å². The summed E-state index contributed by atoms with van der Waals surface area (Å²) < 4.78 is 42.9. The Morgan fingerprint density at radius 3 is 2.33 bits per heavy atom. The Hall–Kier alpha value is -2.81. The van der Waals surface area contributed by atoms with E-state index in [1.807, 2.05) is 0 Å². The lowest BCUT2D eigenvalue weighted by atomic mass is 10.2. The van der Waals surface area contributed by atoms with Crippen molar-refractivity contribution in [2.24, 2.45) is 0 Å². The molecule has 1 N–H and O–H groups in total. The van der Waals surface area contributed by atoms with Gasteiger partial charge < -0.3 is 9.84 Å². The molecule has 2 aromatic carbocycles. The summed E-state index contributed by atoms with van der Waals surface area (Å²) in [4.78, 5) is 21.1. The number of nitro benzene ring substituents is 1. The van der Waals surface area contributed by atoms with Crippen LogP contribution in [0.5, 0.6) is 11.5 Å². The number of nitrogens with zero attached hydrogens (tertiary/aromatic N) is 1. The van der Waals surface area contributed by atoms with Crippen LogP contribution in [0.3, 0.4) is 0 Å². The van der Waals surface area contributed by atoms with E-state index in [1.165, 1.54) is 0 Å². The molecule has 2 rings (SSSR count). The Kier molecular flexibility index (Phi) is 4.65. The summed E-state index contributed by atoms with van der Waals surface area (Å²) in [5.41, 5.74) is -1.87. The standard InChI is InChI=1S/C14H7ClF3NO5/c15-9-6-8(14(16,17)18)2-4-11(9)24-12-5-7(13(20)21)1-3-10(12)19(22)23/h1-6H,(H,20,21). The molecule has 0 radical (unpaired) electrons. The molecule has 0 saturated heterocycles. The highest BCUT2D eigenvalue weighted by molar-refractivity contribution is 6.32. The van der Waals surface area contributed by atoms with E-state index in [9.17, 15) is 28.1 Å². The van der Waals surface area contributed by atoms with Gasteiger partial charge in [-0.05, 0) is 24.3 Å². The van der Waals surface area contributed by atoms with Crippen LogP contribution in [0, 0.1) is 10.1 Å². The van der Waals surface area contributed by atoms with Crippen LogP contribution in [0.15, 0.2) is 36.4 Å². The fraction of sp³-hybridized carbons (Fsp3) is 0.0714. The van der Waals surface area contributed by atoms with Crippen molar-refractivity contribution in [3.8, 4) is 11.5 Å². The molecule has 0 amide bonds. The van der Waals surface area contributed by atoms with Crippen molar-refractivity contribution in [3.05, 3.63) is 62.7 Å². The van der Waals surface area contributed by atoms with E-state index in [1.54, 1.807) is 0 Å². The number of carboxylic acids is 1. The van der Waals surface area contributed by atoms with Crippen molar-refractivity contribution >= 4 is 23.3 Å². The van der Waals surface area contributed by atoms with E-state index in [4.69, 9.17) is 21.4 Å². The first-order chi connectivity index (χ1) is 11.1. The molecule has 0 aliphatic heterocycles. The van der Waals surface area contributed by atoms with Crippen molar-refractivity contribution in [1.29, 1.82) is 0 Å². The maximum absolute atomic E-state index is 12.6. The normalized spacial score (nSPS) is 11.2. The van der Waals surface area contributed by atoms with E-state index in [-0.39, 0.29) is 11.3 Å². The lowest BCUT2D eigenvalue weighted by Crippen LogP contribution is -2.05. The van der Waals surface area contributed by atoms with E-state index < -0.39 is 39.1 Å². The number of aromatic carboxylic acids is 1. The molecule has 0 bridgehead atoms. The summed E-state index contributed by atoms with van der Waals surface area (Å²) in [5, 5.41) is 19.4. The zero-order valence-electron chi connectivity index (χ0n) is 11.5. The molecule has 0 saturated carbocycles. The van der Waals surface area contributed by atoms with Gasteiger partial charge >= 0.3 is 17.8 Å². The Bertz CT molecular complexity index is 823. The van der Waals surface area contributed by atoms with Gasteiger partial charge in [0.1, 0.15) is 5.75 Å². The number of hydrogen-bond acceptors (Lipinski definition) is 4. The molecule has 0 fully saturated rings. The van der Waals surface area contributed by atoms with Gasteiger partial charge in [0.2, 0.25) is 5.75 Å². The third-order valence-electron chi connectivity index (χ3n) is 2.88. The highest BCUT2D eigenvalue weighted by Gasteiger charge is 2.31. The zero-order valence-corrected chi connectivity index (χ0v) is 12.3.